The molecule has 0 bridgehead atoms. The van der Waals surface area contributed by atoms with E-state index in [-0.39, 0.29) is 11.9 Å². The van der Waals surface area contributed by atoms with E-state index in [1.807, 2.05) is 6.92 Å². The van der Waals surface area contributed by atoms with Gasteiger partial charge in [0.25, 0.3) is 0 Å². The molecule has 2 rings (SSSR count). The number of aromatic nitrogens is 1. The Hall–Kier alpha value is -1.36. The van der Waals surface area contributed by atoms with Crippen molar-refractivity contribution in [3.05, 3.63) is 17.5 Å². The SMILES string of the molecule is Cc1oncc1CN1CCCC1C(N)=O. The second-order valence-corrected chi connectivity index (χ2v) is 3.94. The van der Waals surface area contributed by atoms with Crippen LogP contribution >= 0.6 is 0 Å². The summed E-state index contributed by atoms with van der Waals surface area (Å²) in [7, 11) is 0. The van der Waals surface area contributed by atoms with Crippen LogP contribution in [0.15, 0.2) is 10.7 Å². The highest BCUT2D eigenvalue weighted by Crippen LogP contribution is 2.20. The van der Waals surface area contributed by atoms with Crippen LogP contribution in [0.4, 0.5) is 0 Å². The number of amides is 1. The summed E-state index contributed by atoms with van der Waals surface area (Å²) in [5, 5.41) is 3.72. The summed E-state index contributed by atoms with van der Waals surface area (Å²) in [5.41, 5.74) is 6.37. The van der Waals surface area contributed by atoms with Crippen molar-refractivity contribution < 1.29 is 9.32 Å². The van der Waals surface area contributed by atoms with Crippen molar-refractivity contribution in [2.45, 2.75) is 32.4 Å². The van der Waals surface area contributed by atoms with Crippen LogP contribution in [0.2, 0.25) is 0 Å². The summed E-state index contributed by atoms with van der Waals surface area (Å²) in [5.74, 6) is 0.576. The van der Waals surface area contributed by atoms with Crippen molar-refractivity contribution in [3.8, 4) is 0 Å². The number of rotatable bonds is 3. The van der Waals surface area contributed by atoms with Crippen molar-refractivity contribution in [1.82, 2.24) is 10.1 Å². The molecular weight excluding hydrogens is 194 g/mol. The highest BCUT2D eigenvalue weighted by Gasteiger charge is 2.29. The summed E-state index contributed by atoms with van der Waals surface area (Å²) < 4.78 is 4.98. The van der Waals surface area contributed by atoms with Crippen LogP contribution in [0.1, 0.15) is 24.2 Å². The summed E-state index contributed by atoms with van der Waals surface area (Å²) >= 11 is 0. The predicted molar refractivity (Wildman–Crippen MR) is 53.9 cm³/mol. The fourth-order valence-electron chi connectivity index (χ4n) is 2.03. The minimum absolute atomic E-state index is 0.126. The molecule has 0 aromatic carbocycles. The smallest absolute Gasteiger partial charge is 0.234 e. The van der Waals surface area contributed by atoms with Crippen LogP contribution in [0.25, 0.3) is 0 Å². The average molecular weight is 209 g/mol. The van der Waals surface area contributed by atoms with Gasteiger partial charge in [-0.1, -0.05) is 5.16 Å². The quantitative estimate of drug-likeness (QED) is 0.783. The van der Waals surface area contributed by atoms with Gasteiger partial charge >= 0.3 is 0 Å². The Morgan fingerprint density at radius 2 is 2.60 bits per heavy atom. The molecular formula is C10H15N3O2. The van der Waals surface area contributed by atoms with Gasteiger partial charge in [0.15, 0.2) is 0 Å². The zero-order chi connectivity index (χ0) is 10.8. The third-order valence-electron chi connectivity index (χ3n) is 2.92. The van der Waals surface area contributed by atoms with Crippen molar-refractivity contribution in [1.29, 1.82) is 0 Å². The third-order valence-corrected chi connectivity index (χ3v) is 2.92. The molecule has 2 heterocycles. The predicted octanol–water partition coefficient (Wildman–Crippen LogP) is 0.433. The average Bonchev–Trinajstić information content (AvgIpc) is 2.77. The molecule has 1 aromatic rings. The van der Waals surface area contributed by atoms with Crippen LogP contribution < -0.4 is 5.73 Å². The number of carbonyl (C=O) groups is 1. The molecule has 15 heavy (non-hydrogen) atoms. The van der Waals surface area contributed by atoms with Crippen molar-refractivity contribution >= 4 is 5.91 Å². The zero-order valence-electron chi connectivity index (χ0n) is 8.77. The number of carbonyl (C=O) groups excluding carboxylic acids is 1. The molecule has 82 valence electrons. The Labute approximate surface area is 88.2 Å². The maximum absolute atomic E-state index is 11.2. The number of hydrogen-bond acceptors (Lipinski definition) is 4. The molecule has 1 aromatic heterocycles. The monoisotopic (exact) mass is 209 g/mol. The van der Waals surface area contributed by atoms with Crippen LogP contribution in [0.5, 0.6) is 0 Å². The molecule has 5 heteroatoms. The third kappa shape index (κ3) is 2.02. The van der Waals surface area contributed by atoms with Gasteiger partial charge in [0, 0.05) is 12.1 Å². The molecule has 1 aliphatic heterocycles. The van der Waals surface area contributed by atoms with Crippen LogP contribution in [-0.4, -0.2) is 28.6 Å². The van der Waals surface area contributed by atoms with E-state index in [0.29, 0.717) is 6.54 Å². The largest absolute Gasteiger partial charge is 0.368 e. The van der Waals surface area contributed by atoms with E-state index in [1.165, 1.54) is 0 Å². The van der Waals surface area contributed by atoms with Crippen molar-refractivity contribution in [2.24, 2.45) is 5.73 Å². The molecule has 1 aliphatic rings. The summed E-state index contributed by atoms with van der Waals surface area (Å²) in [6.07, 6.45) is 3.59. The lowest BCUT2D eigenvalue weighted by Crippen LogP contribution is -2.39. The molecule has 2 N–H and O–H groups in total. The second kappa shape index (κ2) is 4.02. The molecule has 5 nitrogen and oxygen atoms in total. The number of primary amides is 1. The number of nitrogens with zero attached hydrogens (tertiary/aromatic N) is 2. The van der Waals surface area contributed by atoms with Gasteiger partial charge in [0.1, 0.15) is 5.76 Å². The fraction of sp³-hybridized carbons (Fsp3) is 0.600. The van der Waals surface area contributed by atoms with Crippen LogP contribution in [0, 0.1) is 6.92 Å². The Morgan fingerprint density at radius 3 is 3.20 bits per heavy atom. The molecule has 0 spiro atoms. The lowest BCUT2D eigenvalue weighted by Gasteiger charge is -2.20. The van der Waals surface area contributed by atoms with E-state index < -0.39 is 0 Å². The minimum atomic E-state index is -0.235. The van der Waals surface area contributed by atoms with E-state index in [9.17, 15) is 4.79 Å². The first kappa shape index (κ1) is 10.2. The van der Waals surface area contributed by atoms with Crippen LogP contribution in [-0.2, 0) is 11.3 Å². The standard InChI is InChI=1S/C10H15N3O2/c1-7-8(5-12-15-7)6-13-4-2-3-9(13)10(11)14/h5,9H,2-4,6H2,1H3,(H2,11,14). The molecule has 0 radical (unpaired) electrons. The van der Waals surface area contributed by atoms with Gasteiger partial charge in [-0.2, -0.15) is 0 Å². The van der Waals surface area contributed by atoms with Gasteiger partial charge in [0.2, 0.25) is 5.91 Å². The Morgan fingerprint density at radius 1 is 1.80 bits per heavy atom. The summed E-state index contributed by atoms with van der Waals surface area (Å²) in [6, 6.07) is -0.126. The number of hydrogen-bond donors (Lipinski definition) is 1. The molecule has 1 amide bonds. The van der Waals surface area contributed by atoms with Gasteiger partial charge in [-0.25, -0.2) is 0 Å². The van der Waals surface area contributed by atoms with Crippen LogP contribution in [0.3, 0.4) is 0 Å². The summed E-state index contributed by atoms with van der Waals surface area (Å²) in [6.45, 7) is 3.48. The Kier molecular flexibility index (Phi) is 2.73. The highest BCUT2D eigenvalue weighted by atomic mass is 16.5. The molecule has 1 unspecified atom stereocenters. The topological polar surface area (TPSA) is 72.4 Å². The van der Waals surface area contributed by atoms with Gasteiger partial charge in [-0.15, -0.1) is 0 Å². The van der Waals surface area contributed by atoms with E-state index >= 15 is 0 Å². The molecule has 0 aliphatic carbocycles. The molecule has 1 saturated heterocycles. The first-order chi connectivity index (χ1) is 7.18. The molecule has 1 atom stereocenters. The molecule has 0 saturated carbocycles. The van der Waals surface area contributed by atoms with E-state index in [0.717, 1.165) is 30.7 Å². The number of likely N-dealkylation sites (tertiary alicyclic amines) is 1. The van der Waals surface area contributed by atoms with Crippen molar-refractivity contribution in [2.75, 3.05) is 6.54 Å². The van der Waals surface area contributed by atoms with Gasteiger partial charge in [-0.3, -0.25) is 9.69 Å². The second-order valence-electron chi connectivity index (χ2n) is 3.94. The first-order valence-corrected chi connectivity index (χ1v) is 5.12. The normalized spacial score (nSPS) is 22.1. The zero-order valence-corrected chi connectivity index (χ0v) is 8.77. The van der Waals surface area contributed by atoms with Crippen molar-refractivity contribution in [3.63, 3.8) is 0 Å². The van der Waals surface area contributed by atoms with Gasteiger partial charge in [0.05, 0.1) is 12.2 Å². The fourth-order valence-corrected chi connectivity index (χ4v) is 2.03. The maximum Gasteiger partial charge on any atom is 0.234 e. The lowest BCUT2D eigenvalue weighted by molar-refractivity contribution is -0.122. The first-order valence-electron chi connectivity index (χ1n) is 5.12. The highest BCUT2D eigenvalue weighted by molar-refractivity contribution is 5.80. The Balaban J connectivity index is 2.06. The number of aryl methyl sites for hydroxylation is 1. The van der Waals surface area contributed by atoms with Gasteiger partial charge < -0.3 is 10.3 Å². The van der Waals surface area contributed by atoms with E-state index in [1.54, 1.807) is 6.20 Å². The summed E-state index contributed by atoms with van der Waals surface area (Å²) in [4.78, 5) is 13.3. The molecule has 1 fully saturated rings. The minimum Gasteiger partial charge on any atom is -0.368 e. The van der Waals surface area contributed by atoms with E-state index in [2.05, 4.69) is 10.1 Å². The van der Waals surface area contributed by atoms with E-state index in [4.69, 9.17) is 10.3 Å². The number of nitrogens with two attached hydrogens (primary N) is 1. The Bertz CT molecular complexity index is 361. The van der Waals surface area contributed by atoms with Gasteiger partial charge in [-0.05, 0) is 26.3 Å². The maximum atomic E-state index is 11.2. The lowest BCUT2D eigenvalue weighted by atomic mass is 10.2.